The maximum atomic E-state index is 11.8. The summed E-state index contributed by atoms with van der Waals surface area (Å²) >= 11 is 0. The predicted octanol–water partition coefficient (Wildman–Crippen LogP) is 2.74. The third-order valence-electron chi connectivity index (χ3n) is 4.70. The Balaban J connectivity index is 2.41. The van der Waals surface area contributed by atoms with Crippen molar-refractivity contribution < 1.29 is 9.53 Å². The maximum Gasteiger partial charge on any atom is 0.407 e. The first kappa shape index (κ1) is 19.2. The number of hydrogen-bond donors (Lipinski definition) is 2. The molecule has 130 valence electrons. The summed E-state index contributed by atoms with van der Waals surface area (Å²) < 4.78 is 5.28. The quantitative estimate of drug-likeness (QED) is 0.791. The summed E-state index contributed by atoms with van der Waals surface area (Å²) in [4.78, 5) is 14.1. The Hall–Kier alpha value is -0.810. The molecule has 0 aromatic heterocycles. The molecule has 1 fully saturated rings. The molecule has 22 heavy (non-hydrogen) atoms. The van der Waals surface area contributed by atoms with E-state index in [1.807, 2.05) is 20.8 Å². The van der Waals surface area contributed by atoms with E-state index in [0.717, 1.165) is 5.92 Å². The molecular formula is C17H35N3O2. The van der Waals surface area contributed by atoms with Crippen LogP contribution in [0.3, 0.4) is 0 Å². The van der Waals surface area contributed by atoms with E-state index in [9.17, 15) is 4.79 Å². The van der Waals surface area contributed by atoms with Gasteiger partial charge in [-0.05, 0) is 59.4 Å². The fourth-order valence-electron chi connectivity index (χ4n) is 3.17. The molecule has 3 N–H and O–H groups in total. The summed E-state index contributed by atoms with van der Waals surface area (Å²) in [6.07, 6.45) is 6.01. The van der Waals surface area contributed by atoms with Crippen LogP contribution in [-0.2, 0) is 4.74 Å². The van der Waals surface area contributed by atoms with Crippen molar-refractivity contribution >= 4 is 6.09 Å². The molecule has 1 rings (SSSR count). The molecule has 1 aliphatic carbocycles. The largest absolute Gasteiger partial charge is 0.444 e. The summed E-state index contributed by atoms with van der Waals surface area (Å²) in [5.41, 5.74) is 5.45. The van der Waals surface area contributed by atoms with Gasteiger partial charge in [0.15, 0.2) is 0 Å². The van der Waals surface area contributed by atoms with Crippen molar-refractivity contribution in [2.75, 3.05) is 20.1 Å². The zero-order valence-corrected chi connectivity index (χ0v) is 15.0. The van der Waals surface area contributed by atoms with Crippen LogP contribution in [0.2, 0.25) is 0 Å². The molecular weight excluding hydrogens is 278 g/mol. The Kier molecular flexibility index (Phi) is 7.63. The van der Waals surface area contributed by atoms with Crippen LogP contribution in [0.4, 0.5) is 4.79 Å². The van der Waals surface area contributed by atoms with E-state index in [1.54, 1.807) is 0 Å². The number of hydrogen-bond acceptors (Lipinski definition) is 4. The van der Waals surface area contributed by atoms with Crippen LogP contribution in [0.15, 0.2) is 0 Å². The summed E-state index contributed by atoms with van der Waals surface area (Å²) in [6, 6.07) is 0.743. The second kappa shape index (κ2) is 8.73. The first-order valence-corrected chi connectivity index (χ1v) is 8.65. The standard InChI is InChI=1S/C17H35N3O2/c1-6-13-7-9-14(10-8-13)20(5)15(11-18)12-19-16(21)22-17(2,3)4/h13-15H,6-12,18H2,1-5H3,(H,19,21). The average Bonchev–Trinajstić information content (AvgIpc) is 2.46. The average molecular weight is 313 g/mol. The molecule has 5 nitrogen and oxygen atoms in total. The molecule has 0 spiro atoms. The molecule has 1 aliphatic rings. The minimum Gasteiger partial charge on any atom is -0.444 e. The predicted molar refractivity (Wildman–Crippen MR) is 90.9 cm³/mol. The van der Waals surface area contributed by atoms with Crippen LogP contribution >= 0.6 is 0 Å². The van der Waals surface area contributed by atoms with Gasteiger partial charge in [0.2, 0.25) is 0 Å². The minimum atomic E-state index is -0.466. The van der Waals surface area contributed by atoms with Gasteiger partial charge in [0.25, 0.3) is 0 Å². The van der Waals surface area contributed by atoms with E-state index in [1.165, 1.54) is 32.1 Å². The first-order chi connectivity index (χ1) is 10.3. The molecule has 1 saturated carbocycles. The van der Waals surface area contributed by atoms with E-state index in [0.29, 0.717) is 19.1 Å². The topological polar surface area (TPSA) is 67.6 Å². The SMILES string of the molecule is CCC1CCC(N(C)C(CN)CNC(=O)OC(C)(C)C)CC1. The third kappa shape index (κ3) is 6.53. The van der Waals surface area contributed by atoms with Gasteiger partial charge in [0.05, 0.1) is 0 Å². The molecule has 0 saturated heterocycles. The number of rotatable bonds is 6. The van der Waals surface area contributed by atoms with Crippen LogP contribution in [0.5, 0.6) is 0 Å². The second-order valence-corrected chi connectivity index (χ2v) is 7.52. The van der Waals surface area contributed by atoms with Gasteiger partial charge in [-0.2, -0.15) is 0 Å². The lowest BCUT2D eigenvalue weighted by atomic mass is 9.83. The molecule has 1 amide bonds. The van der Waals surface area contributed by atoms with Crippen molar-refractivity contribution in [2.45, 2.75) is 77.5 Å². The van der Waals surface area contributed by atoms with Gasteiger partial charge in [0, 0.05) is 25.2 Å². The summed E-state index contributed by atoms with van der Waals surface area (Å²) in [5, 5.41) is 2.85. The first-order valence-electron chi connectivity index (χ1n) is 8.65. The highest BCUT2D eigenvalue weighted by Gasteiger charge is 2.27. The number of carbonyl (C=O) groups is 1. The highest BCUT2D eigenvalue weighted by atomic mass is 16.6. The Bertz CT molecular complexity index is 333. The number of ether oxygens (including phenoxy) is 1. The van der Waals surface area contributed by atoms with Gasteiger partial charge in [0.1, 0.15) is 5.60 Å². The number of nitrogens with two attached hydrogens (primary N) is 1. The molecule has 1 atom stereocenters. The van der Waals surface area contributed by atoms with E-state index in [-0.39, 0.29) is 12.1 Å². The van der Waals surface area contributed by atoms with Crippen LogP contribution in [0, 0.1) is 5.92 Å². The molecule has 5 heteroatoms. The molecule has 0 aromatic carbocycles. The van der Waals surface area contributed by atoms with E-state index in [2.05, 4.69) is 24.2 Å². The van der Waals surface area contributed by atoms with Gasteiger partial charge in [-0.15, -0.1) is 0 Å². The van der Waals surface area contributed by atoms with Crippen LogP contribution in [0.1, 0.15) is 59.8 Å². The van der Waals surface area contributed by atoms with Gasteiger partial charge in [-0.1, -0.05) is 13.3 Å². The monoisotopic (exact) mass is 313 g/mol. The summed E-state index contributed by atoms with van der Waals surface area (Å²) in [7, 11) is 2.13. The van der Waals surface area contributed by atoms with Crippen LogP contribution in [-0.4, -0.2) is 48.8 Å². The van der Waals surface area contributed by atoms with Crippen molar-refractivity contribution in [1.29, 1.82) is 0 Å². The zero-order chi connectivity index (χ0) is 16.8. The lowest BCUT2D eigenvalue weighted by Crippen LogP contribution is -2.51. The smallest absolute Gasteiger partial charge is 0.407 e. The van der Waals surface area contributed by atoms with Gasteiger partial charge in [-0.25, -0.2) is 4.79 Å². The summed E-state index contributed by atoms with van der Waals surface area (Å²) in [6.45, 7) is 8.96. The molecule has 1 unspecified atom stereocenters. The zero-order valence-electron chi connectivity index (χ0n) is 15.0. The minimum absolute atomic E-state index is 0.163. The molecule has 0 radical (unpaired) electrons. The van der Waals surface area contributed by atoms with E-state index >= 15 is 0 Å². The van der Waals surface area contributed by atoms with Gasteiger partial charge >= 0.3 is 6.09 Å². The Morgan fingerprint density at radius 2 is 1.91 bits per heavy atom. The van der Waals surface area contributed by atoms with E-state index in [4.69, 9.17) is 10.5 Å². The number of likely N-dealkylation sites (N-methyl/N-ethyl adjacent to an activating group) is 1. The Morgan fingerprint density at radius 3 is 2.36 bits per heavy atom. The van der Waals surface area contributed by atoms with Crippen molar-refractivity contribution in [3.05, 3.63) is 0 Å². The second-order valence-electron chi connectivity index (χ2n) is 7.52. The van der Waals surface area contributed by atoms with Crippen molar-refractivity contribution in [3.8, 4) is 0 Å². The number of nitrogens with zero attached hydrogens (tertiary/aromatic N) is 1. The highest BCUT2D eigenvalue weighted by molar-refractivity contribution is 5.67. The third-order valence-corrected chi connectivity index (χ3v) is 4.70. The van der Waals surface area contributed by atoms with Crippen LogP contribution in [0.25, 0.3) is 0 Å². The number of carbonyl (C=O) groups excluding carboxylic acids is 1. The Labute approximate surface area is 135 Å². The number of alkyl carbamates (subject to hydrolysis) is 1. The lowest BCUT2D eigenvalue weighted by Gasteiger charge is -2.38. The van der Waals surface area contributed by atoms with E-state index < -0.39 is 5.60 Å². The molecule has 0 aliphatic heterocycles. The van der Waals surface area contributed by atoms with Crippen molar-refractivity contribution in [2.24, 2.45) is 11.7 Å². The van der Waals surface area contributed by atoms with Gasteiger partial charge < -0.3 is 15.8 Å². The van der Waals surface area contributed by atoms with Gasteiger partial charge in [-0.3, -0.25) is 4.90 Å². The maximum absolute atomic E-state index is 11.8. The number of amides is 1. The van der Waals surface area contributed by atoms with Crippen molar-refractivity contribution in [1.82, 2.24) is 10.2 Å². The van der Waals surface area contributed by atoms with Crippen molar-refractivity contribution in [3.63, 3.8) is 0 Å². The summed E-state index contributed by atoms with van der Waals surface area (Å²) in [5.74, 6) is 0.890. The lowest BCUT2D eigenvalue weighted by molar-refractivity contribution is 0.0496. The number of nitrogens with one attached hydrogen (secondary N) is 1. The normalized spacial score (nSPS) is 24.1. The highest BCUT2D eigenvalue weighted by Crippen LogP contribution is 2.29. The van der Waals surface area contributed by atoms with Crippen LogP contribution < -0.4 is 11.1 Å². The molecule has 0 bridgehead atoms. The fourth-order valence-corrected chi connectivity index (χ4v) is 3.17. The molecule has 0 aromatic rings. The fraction of sp³-hybridized carbons (Fsp3) is 0.941. The Morgan fingerprint density at radius 1 is 1.32 bits per heavy atom. The molecule has 0 heterocycles.